The van der Waals surface area contributed by atoms with Gasteiger partial charge in [-0.05, 0) is 38.8 Å². The first kappa shape index (κ1) is 15.2. The first-order valence-corrected chi connectivity index (χ1v) is 7.69. The molecule has 0 fully saturated rings. The predicted molar refractivity (Wildman–Crippen MR) is 82.5 cm³/mol. The second-order valence-corrected chi connectivity index (χ2v) is 6.05. The lowest BCUT2D eigenvalue weighted by Crippen LogP contribution is -2.30. The first-order valence-electron chi connectivity index (χ1n) is 7.69. The lowest BCUT2D eigenvalue weighted by molar-refractivity contribution is 0.254. The molecule has 2 atom stereocenters. The van der Waals surface area contributed by atoms with E-state index in [1.54, 1.807) is 0 Å². The standard InChI is InChI=1S/C17H27NO2/c1-6-19-16-8-14-7-12(4)20-17(14)9-15(16)10-18-13(5)11(2)3/h8-9,11-13,18H,6-7,10H2,1-5H3. The molecule has 1 heterocycles. The van der Waals surface area contributed by atoms with Crippen LogP contribution in [0.5, 0.6) is 11.5 Å². The molecule has 1 aromatic carbocycles. The first-order chi connectivity index (χ1) is 9.51. The van der Waals surface area contributed by atoms with Crippen LogP contribution in [0.2, 0.25) is 0 Å². The minimum atomic E-state index is 0.275. The number of ether oxygens (including phenoxy) is 2. The molecule has 1 aromatic rings. The van der Waals surface area contributed by atoms with Crippen molar-refractivity contribution in [2.45, 2.75) is 59.7 Å². The molecule has 112 valence electrons. The van der Waals surface area contributed by atoms with Gasteiger partial charge in [0.25, 0.3) is 0 Å². The third-order valence-corrected chi connectivity index (χ3v) is 3.99. The highest BCUT2D eigenvalue weighted by atomic mass is 16.5. The summed E-state index contributed by atoms with van der Waals surface area (Å²) < 4.78 is 11.6. The Morgan fingerprint density at radius 1 is 1.35 bits per heavy atom. The fourth-order valence-electron chi connectivity index (χ4n) is 2.42. The van der Waals surface area contributed by atoms with Crippen LogP contribution in [0.3, 0.4) is 0 Å². The Balaban J connectivity index is 2.16. The third kappa shape index (κ3) is 3.45. The number of fused-ring (bicyclic) bond motifs is 1. The number of benzene rings is 1. The normalized spacial score (nSPS) is 18.8. The number of hydrogen-bond acceptors (Lipinski definition) is 3. The van der Waals surface area contributed by atoms with Gasteiger partial charge in [-0.3, -0.25) is 0 Å². The SMILES string of the molecule is CCOc1cc2c(cc1CNC(C)C(C)C)OC(C)C2. The maximum atomic E-state index is 5.85. The molecular weight excluding hydrogens is 250 g/mol. The average Bonchev–Trinajstić information content (AvgIpc) is 2.74. The van der Waals surface area contributed by atoms with Gasteiger partial charge in [-0.15, -0.1) is 0 Å². The Kier molecular flexibility index (Phi) is 4.92. The summed E-state index contributed by atoms with van der Waals surface area (Å²) in [6.45, 7) is 12.3. The van der Waals surface area contributed by atoms with Crippen LogP contribution in [0.25, 0.3) is 0 Å². The van der Waals surface area contributed by atoms with Gasteiger partial charge in [0, 0.05) is 30.1 Å². The maximum absolute atomic E-state index is 5.85. The average molecular weight is 277 g/mol. The van der Waals surface area contributed by atoms with Crippen LogP contribution in [0.4, 0.5) is 0 Å². The topological polar surface area (TPSA) is 30.5 Å². The van der Waals surface area contributed by atoms with Crippen LogP contribution in [-0.4, -0.2) is 18.8 Å². The van der Waals surface area contributed by atoms with E-state index in [1.807, 2.05) is 6.92 Å². The van der Waals surface area contributed by atoms with Gasteiger partial charge in [0.05, 0.1) is 6.61 Å². The molecule has 1 aliphatic rings. The van der Waals surface area contributed by atoms with Crippen molar-refractivity contribution >= 4 is 0 Å². The summed E-state index contributed by atoms with van der Waals surface area (Å²) in [6.07, 6.45) is 1.25. The van der Waals surface area contributed by atoms with Gasteiger partial charge in [0.1, 0.15) is 17.6 Å². The second kappa shape index (κ2) is 6.49. The molecule has 2 unspecified atom stereocenters. The van der Waals surface area contributed by atoms with E-state index < -0.39 is 0 Å². The summed E-state index contributed by atoms with van der Waals surface area (Å²) in [4.78, 5) is 0. The molecule has 0 aliphatic carbocycles. The molecule has 0 aromatic heterocycles. The molecule has 0 saturated carbocycles. The second-order valence-electron chi connectivity index (χ2n) is 6.05. The van der Waals surface area contributed by atoms with E-state index in [4.69, 9.17) is 9.47 Å². The number of nitrogens with one attached hydrogen (secondary N) is 1. The van der Waals surface area contributed by atoms with Crippen molar-refractivity contribution in [3.8, 4) is 11.5 Å². The lowest BCUT2D eigenvalue weighted by atomic mass is 10.0. The quantitative estimate of drug-likeness (QED) is 0.862. The van der Waals surface area contributed by atoms with Crippen molar-refractivity contribution in [1.29, 1.82) is 0 Å². The zero-order chi connectivity index (χ0) is 14.7. The molecule has 0 amide bonds. The molecule has 0 spiro atoms. The Morgan fingerprint density at radius 2 is 2.10 bits per heavy atom. The van der Waals surface area contributed by atoms with Crippen molar-refractivity contribution in [3.05, 3.63) is 23.3 Å². The largest absolute Gasteiger partial charge is 0.494 e. The maximum Gasteiger partial charge on any atom is 0.124 e. The molecule has 2 rings (SSSR count). The van der Waals surface area contributed by atoms with Gasteiger partial charge >= 0.3 is 0 Å². The van der Waals surface area contributed by atoms with E-state index in [0.29, 0.717) is 18.6 Å². The summed E-state index contributed by atoms with van der Waals surface area (Å²) in [5, 5.41) is 3.56. The summed E-state index contributed by atoms with van der Waals surface area (Å²) >= 11 is 0. The van der Waals surface area contributed by atoms with Gasteiger partial charge in [0.2, 0.25) is 0 Å². The molecular formula is C17H27NO2. The Labute approximate surface area is 122 Å². The van der Waals surface area contributed by atoms with E-state index in [2.05, 4.69) is 45.1 Å². The van der Waals surface area contributed by atoms with Crippen molar-refractivity contribution in [2.24, 2.45) is 5.92 Å². The van der Waals surface area contributed by atoms with Gasteiger partial charge in [-0.2, -0.15) is 0 Å². The highest BCUT2D eigenvalue weighted by Crippen LogP contribution is 2.35. The lowest BCUT2D eigenvalue weighted by Gasteiger charge is -2.19. The monoisotopic (exact) mass is 277 g/mol. The number of rotatable bonds is 6. The van der Waals surface area contributed by atoms with Gasteiger partial charge in [0.15, 0.2) is 0 Å². The molecule has 20 heavy (non-hydrogen) atoms. The fraction of sp³-hybridized carbons (Fsp3) is 0.647. The van der Waals surface area contributed by atoms with Crippen molar-refractivity contribution in [2.75, 3.05) is 6.61 Å². The highest BCUT2D eigenvalue weighted by Gasteiger charge is 2.22. The van der Waals surface area contributed by atoms with Crippen LogP contribution in [0.1, 0.15) is 45.7 Å². The molecule has 1 aliphatic heterocycles. The smallest absolute Gasteiger partial charge is 0.124 e. The molecule has 3 heteroatoms. The zero-order valence-corrected chi connectivity index (χ0v) is 13.3. The summed E-state index contributed by atoms with van der Waals surface area (Å²) in [5.74, 6) is 2.64. The van der Waals surface area contributed by atoms with Crippen LogP contribution in [0.15, 0.2) is 12.1 Å². The van der Waals surface area contributed by atoms with Crippen LogP contribution in [-0.2, 0) is 13.0 Å². The zero-order valence-electron chi connectivity index (χ0n) is 13.3. The molecule has 0 saturated heterocycles. The minimum absolute atomic E-state index is 0.275. The van der Waals surface area contributed by atoms with Crippen molar-refractivity contribution in [3.63, 3.8) is 0 Å². The summed E-state index contributed by atoms with van der Waals surface area (Å²) in [6, 6.07) is 4.78. The van der Waals surface area contributed by atoms with E-state index in [1.165, 1.54) is 11.1 Å². The highest BCUT2D eigenvalue weighted by molar-refractivity contribution is 5.48. The molecule has 0 bridgehead atoms. The van der Waals surface area contributed by atoms with Gasteiger partial charge in [-0.25, -0.2) is 0 Å². The van der Waals surface area contributed by atoms with Crippen LogP contribution >= 0.6 is 0 Å². The van der Waals surface area contributed by atoms with Crippen molar-refractivity contribution in [1.82, 2.24) is 5.32 Å². The van der Waals surface area contributed by atoms with E-state index in [-0.39, 0.29) is 6.10 Å². The van der Waals surface area contributed by atoms with E-state index in [0.717, 1.165) is 24.5 Å². The molecule has 3 nitrogen and oxygen atoms in total. The third-order valence-electron chi connectivity index (χ3n) is 3.99. The summed E-state index contributed by atoms with van der Waals surface area (Å²) in [7, 11) is 0. The molecule has 1 N–H and O–H groups in total. The van der Waals surface area contributed by atoms with E-state index in [9.17, 15) is 0 Å². The van der Waals surface area contributed by atoms with Gasteiger partial charge < -0.3 is 14.8 Å². The number of hydrogen-bond donors (Lipinski definition) is 1. The van der Waals surface area contributed by atoms with Crippen LogP contribution in [0, 0.1) is 5.92 Å². The fourth-order valence-corrected chi connectivity index (χ4v) is 2.42. The van der Waals surface area contributed by atoms with Crippen molar-refractivity contribution < 1.29 is 9.47 Å². The minimum Gasteiger partial charge on any atom is -0.494 e. The van der Waals surface area contributed by atoms with E-state index >= 15 is 0 Å². The van der Waals surface area contributed by atoms with Gasteiger partial charge in [-0.1, -0.05) is 13.8 Å². The summed E-state index contributed by atoms with van der Waals surface area (Å²) in [5.41, 5.74) is 2.45. The Morgan fingerprint density at radius 3 is 2.75 bits per heavy atom. The Bertz CT molecular complexity index is 457. The molecule has 0 radical (unpaired) electrons. The Hall–Kier alpha value is -1.22. The van der Waals surface area contributed by atoms with Crippen LogP contribution < -0.4 is 14.8 Å². The predicted octanol–water partition coefficient (Wildman–Crippen LogP) is 3.54.